The lowest BCUT2D eigenvalue weighted by atomic mass is 10.1. The van der Waals surface area contributed by atoms with Gasteiger partial charge in [-0.25, -0.2) is 0 Å². The molecule has 1 N–H and O–H groups in total. The summed E-state index contributed by atoms with van der Waals surface area (Å²) in [5.41, 5.74) is 0.982. The first-order valence-corrected chi connectivity index (χ1v) is 11.9. The summed E-state index contributed by atoms with van der Waals surface area (Å²) in [6.07, 6.45) is 4.55. The number of thioether (sulfide) groups is 1. The fourth-order valence-electron chi connectivity index (χ4n) is 3.34. The van der Waals surface area contributed by atoms with Gasteiger partial charge in [0, 0.05) is 0 Å². The Balaban J connectivity index is 1.35. The van der Waals surface area contributed by atoms with Gasteiger partial charge in [0.15, 0.2) is 17.3 Å². The lowest BCUT2D eigenvalue weighted by Crippen LogP contribution is -2.35. The molecule has 0 aromatic heterocycles. The van der Waals surface area contributed by atoms with Crippen LogP contribution in [0.25, 0.3) is 6.08 Å². The number of hydrogen-bond donors (Lipinski definition) is 1. The Hall–Kier alpha value is -3.59. The van der Waals surface area contributed by atoms with E-state index in [1.54, 1.807) is 13.2 Å². The number of nitrogens with zero attached hydrogens (tertiary/aromatic N) is 3. The van der Waals surface area contributed by atoms with E-state index < -0.39 is 5.91 Å². The maximum Gasteiger partial charge on any atom is 0.283 e. The number of amidine groups is 2. The zero-order valence-corrected chi connectivity index (χ0v) is 19.9. The van der Waals surface area contributed by atoms with Crippen LogP contribution >= 0.6 is 11.8 Å². The number of benzene rings is 2. The van der Waals surface area contributed by atoms with Crippen LogP contribution in [0.15, 0.2) is 64.2 Å². The van der Waals surface area contributed by atoms with Crippen molar-refractivity contribution in [2.24, 2.45) is 10.1 Å². The van der Waals surface area contributed by atoms with Gasteiger partial charge in [0.2, 0.25) is 5.17 Å². The van der Waals surface area contributed by atoms with E-state index in [1.807, 2.05) is 48.5 Å². The topological polar surface area (TPSA) is 96.6 Å². The van der Waals surface area contributed by atoms with Gasteiger partial charge in [-0.15, -0.1) is 0 Å². The first-order valence-electron chi connectivity index (χ1n) is 11.1. The second kappa shape index (κ2) is 11.0. The summed E-state index contributed by atoms with van der Waals surface area (Å²) in [5, 5.41) is 15.7. The van der Waals surface area contributed by atoms with E-state index in [0.717, 1.165) is 29.9 Å². The van der Waals surface area contributed by atoms with Crippen molar-refractivity contribution in [2.45, 2.75) is 26.2 Å². The zero-order chi connectivity index (χ0) is 23.9. The summed E-state index contributed by atoms with van der Waals surface area (Å²) < 4.78 is 16.7. The molecule has 2 aromatic carbocycles. The normalized spacial score (nSPS) is 16.3. The number of aliphatic imine (C=N–C) groups is 1. The van der Waals surface area contributed by atoms with Crippen LogP contribution in [0.2, 0.25) is 0 Å². The van der Waals surface area contributed by atoms with E-state index in [-0.39, 0.29) is 11.4 Å². The molecule has 0 saturated carbocycles. The molecule has 0 radical (unpaired) electrons. The Morgan fingerprint density at radius 1 is 1.06 bits per heavy atom. The average molecular weight is 479 g/mol. The number of fused-ring (bicyclic) bond motifs is 1. The van der Waals surface area contributed by atoms with Gasteiger partial charge in [-0.2, -0.15) is 15.1 Å². The molecule has 0 fully saturated rings. The van der Waals surface area contributed by atoms with E-state index in [2.05, 4.69) is 17.0 Å². The summed E-state index contributed by atoms with van der Waals surface area (Å²) in [6.45, 7) is 2.85. The van der Waals surface area contributed by atoms with Gasteiger partial charge < -0.3 is 14.2 Å². The van der Waals surface area contributed by atoms with E-state index in [0.29, 0.717) is 35.6 Å². The highest BCUT2D eigenvalue weighted by Gasteiger charge is 2.35. The second-order valence-corrected chi connectivity index (χ2v) is 8.57. The summed E-state index contributed by atoms with van der Waals surface area (Å²) >= 11 is 1.37. The molecule has 0 aliphatic carbocycles. The second-order valence-electron chi connectivity index (χ2n) is 7.53. The number of methoxy groups -OCH3 is 1. The zero-order valence-electron chi connectivity index (χ0n) is 19.1. The number of carbonyl (C=O) groups is 1. The van der Waals surface area contributed by atoms with Gasteiger partial charge in [0.25, 0.3) is 5.91 Å². The number of ether oxygens (including phenoxy) is 3. The maximum absolute atomic E-state index is 12.5. The number of rotatable bonds is 10. The van der Waals surface area contributed by atoms with Crippen LogP contribution in [-0.4, -0.2) is 47.3 Å². The smallest absolute Gasteiger partial charge is 0.283 e. The van der Waals surface area contributed by atoms with Crippen molar-refractivity contribution in [2.75, 3.05) is 20.3 Å². The standard InChI is InChI=1S/C25H26N4O4S/c1-3-4-9-22-28-29-23(26)19(24(30)27-25(29)34-22)16-17-10-12-18(13-11-17)32-14-15-33-21-8-6-5-7-20(21)31-2/h5-8,10-13,16,26H,3-4,9,14-15H2,1-2H3/b19-16-,26-23?. The Kier molecular flexibility index (Phi) is 7.64. The number of unbranched alkanes of at least 4 members (excludes halogenated alkanes) is 1. The van der Waals surface area contributed by atoms with Crippen molar-refractivity contribution in [3.05, 3.63) is 59.7 Å². The highest BCUT2D eigenvalue weighted by molar-refractivity contribution is 8.26. The average Bonchev–Trinajstić information content (AvgIpc) is 3.27. The predicted molar refractivity (Wildman–Crippen MR) is 135 cm³/mol. The minimum absolute atomic E-state index is 0.0443. The fourth-order valence-corrected chi connectivity index (χ4v) is 4.26. The van der Waals surface area contributed by atoms with Gasteiger partial charge in [0.05, 0.1) is 12.7 Å². The SMILES string of the molecule is CCCCC1=NN2C(=N)/C(=C/c3ccc(OCCOc4ccccc4OC)cc3)C(=O)N=C2S1. The van der Waals surface area contributed by atoms with Crippen molar-refractivity contribution in [1.82, 2.24) is 5.01 Å². The first-order chi connectivity index (χ1) is 16.6. The number of carbonyl (C=O) groups excluding carboxylic acids is 1. The molecule has 0 bridgehead atoms. The summed E-state index contributed by atoms with van der Waals surface area (Å²) in [4.78, 5) is 16.7. The molecule has 0 saturated heterocycles. The Labute approximate surface area is 202 Å². The van der Waals surface area contributed by atoms with Gasteiger partial charge in [0.1, 0.15) is 24.0 Å². The van der Waals surface area contributed by atoms with E-state index >= 15 is 0 Å². The van der Waals surface area contributed by atoms with E-state index in [9.17, 15) is 4.79 Å². The molecule has 0 spiro atoms. The predicted octanol–water partition coefficient (Wildman–Crippen LogP) is 4.96. The molecule has 0 atom stereocenters. The molecule has 0 unspecified atom stereocenters. The number of hydrogen-bond acceptors (Lipinski definition) is 7. The maximum atomic E-state index is 12.5. The number of amides is 1. The lowest BCUT2D eigenvalue weighted by molar-refractivity contribution is -0.114. The Morgan fingerprint density at radius 3 is 2.53 bits per heavy atom. The number of nitrogens with one attached hydrogen (secondary N) is 1. The third kappa shape index (κ3) is 5.48. The highest BCUT2D eigenvalue weighted by atomic mass is 32.2. The van der Waals surface area contributed by atoms with Crippen molar-refractivity contribution in [1.29, 1.82) is 5.41 Å². The van der Waals surface area contributed by atoms with Crippen molar-refractivity contribution in [3.8, 4) is 17.2 Å². The quantitative estimate of drug-likeness (QED) is 0.383. The van der Waals surface area contributed by atoms with Crippen molar-refractivity contribution >= 4 is 39.8 Å². The Bertz CT molecular complexity index is 1160. The molecular weight excluding hydrogens is 452 g/mol. The third-order valence-electron chi connectivity index (χ3n) is 5.11. The summed E-state index contributed by atoms with van der Waals surface area (Å²) in [7, 11) is 1.60. The molecule has 2 aliphatic rings. The number of para-hydroxylation sites is 2. The van der Waals surface area contributed by atoms with Crippen LogP contribution in [0.1, 0.15) is 31.7 Å². The largest absolute Gasteiger partial charge is 0.493 e. The van der Waals surface area contributed by atoms with Crippen LogP contribution < -0.4 is 14.2 Å². The Morgan fingerprint density at radius 2 is 1.79 bits per heavy atom. The van der Waals surface area contributed by atoms with Crippen LogP contribution in [0.3, 0.4) is 0 Å². The molecule has 2 heterocycles. The van der Waals surface area contributed by atoms with Crippen LogP contribution in [0.4, 0.5) is 0 Å². The van der Waals surface area contributed by atoms with Crippen LogP contribution in [0.5, 0.6) is 17.2 Å². The van der Waals surface area contributed by atoms with Gasteiger partial charge in [-0.05, 0) is 60.5 Å². The molecule has 2 aromatic rings. The van der Waals surface area contributed by atoms with Crippen molar-refractivity contribution in [3.63, 3.8) is 0 Å². The van der Waals surface area contributed by atoms with E-state index in [1.165, 1.54) is 16.8 Å². The first kappa shape index (κ1) is 23.6. The minimum atomic E-state index is -0.426. The minimum Gasteiger partial charge on any atom is -0.493 e. The fraction of sp³-hybridized carbons (Fsp3) is 0.280. The third-order valence-corrected chi connectivity index (χ3v) is 6.08. The molecule has 2 aliphatic heterocycles. The van der Waals surface area contributed by atoms with Crippen molar-refractivity contribution < 1.29 is 19.0 Å². The summed E-state index contributed by atoms with van der Waals surface area (Å²) in [5.74, 6) is 1.64. The monoisotopic (exact) mass is 478 g/mol. The number of hydrazone groups is 1. The molecular formula is C25H26N4O4S. The van der Waals surface area contributed by atoms with Gasteiger partial charge in [-0.1, -0.05) is 37.6 Å². The van der Waals surface area contributed by atoms with Crippen LogP contribution in [-0.2, 0) is 4.79 Å². The van der Waals surface area contributed by atoms with Crippen LogP contribution in [0, 0.1) is 5.41 Å². The highest BCUT2D eigenvalue weighted by Crippen LogP contribution is 2.30. The molecule has 176 valence electrons. The molecule has 8 nitrogen and oxygen atoms in total. The molecule has 34 heavy (non-hydrogen) atoms. The lowest BCUT2D eigenvalue weighted by Gasteiger charge is -2.20. The van der Waals surface area contributed by atoms with Gasteiger partial charge in [-0.3, -0.25) is 10.2 Å². The molecule has 9 heteroatoms. The molecule has 4 rings (SSSR count). The summed E-state index contributed by atoms with van der Waals surface area (Å²) in [6, 6.07) is 14.7. The molecule has 1 amide bonds. The van der Waals surface area contributed by atoms with E-state index in [4.69, 9.17) is 19.6 Å². The van der Waals surface area contributed by atoms with Gasteiger partial charge >= 0.3 is 0 Å².